The van der Waals surface area contributed by atoms with Gasteiger partial charge in [-0.15, -0.1) is 0 Å². The van der Waals surface area contributed by atoms with Crippen LogP contribution in [0.3, 0.4) is 0 Å². The van der Waals surface area contributed by atoms with Crippen molar-refractivity contribution in [3.8, 4) is 11.5 Å². The number of rotatable bonds is 7. The van der Waals surface area contributed by atoms with Gasteiger partial charge in [0.25, 0.3) is 5.91 Å². The van der Waals surface area contributed by atoms with Gasteiger partial charge in [0.05, 0.1) is 27.4 Å². The Morgan fingerprint density at radius 1 is 1.18 bits per heavy atom. The summed E-state index contributed by atoms with van der Waals surface area (Å²) >= 11 is 0. The number of fused-ring (bicyclic) bond motifs is 1. The third kappa shape index (κ3) is 3.90. The van der Waals surface area contributed by atoms with Crippen molar-refractivity contribution < 1.29 is 24.3 Å². The number of hydrogen-bond acceptors (Lipinski definition) is 4. The molecule has 0 unspecified atom stereocenters. The molecule has 0 radical (unpaired) electrons. The fraction of sp³-hybridized carbons (Fsp3) is 0.562. The summed E-state index contributed by atoms with van der Waals surface area (Å²) in [6.07, 6.45) is 0.847. The van der Waals surface area contributed by atoms with Crippen LogP contribution in [0.4, 0.5) is 0 Å². The summed E-state index contributed by atoms with van der Waals surface area (Å²) in [5, 5.41) is 1.98. The van der Waals surface area contributed by atoms with Crippen LogP contribution in [0.25, 0.3) is 0 Å². The van der Waals surface area contributed by atoms with Gasteiger partial charge in [0, 0.05) is 20.2 Å². The normalized spacial score (nSPS) is 13.7. The van der Waals surface area contributed by atoms with Crippen LogP contribution in [0.1, 0.15) is 11.1 Å². The van der Waals surface area contributed by atoms with Gasteiger partial charge in [-0.05, 0) is 29.7 Å². The molecule has 1 aromatic rings. The molecule has 1 heterocycles. The van der Waals surface area contributed by atoms with Crippen molar-refractivity contribution in [3.63, 3.8) is 0 Å². The van der Waals surface area contributed by atoms with E-state index in [0.717, 1.165) is 30.8 Å². The van der Waals surface area contributed by atoms with Gasteiger partial charge in [-0.1, -0.05) is 0 Å². The zero-order valence-electron chi connectivity index (χ0n) is 13.6. The van der Waals surface area contributed by atoms with E-state index in [0.29, 0.717) is 25.4 Å². The van der Waals surface area contributed by atoms with E-state index in [1.165, 1.54) is 5.56 Å². The Balaban J connectivity index is 2.00. The van der Waals surface area contributed by atoms with Crippen LogP contribution in [0, 0.1) is 0 Å². The Morgan fingerprint density at radius 3 is 2.50 bits per heavy atom. The average molecular weight is 309 g/mol. The van der Waals surface area contributed by atoms with Crippen LogP contribution < -0.4 is 14.8 Å². The molecule has 0 aliphatic carbocycles. The van der Waals surface area contributed by atoms with E-state index in [2.05, 4.69) is 0 Å². The highest BCUT2D eigenvalue weighted by Gasteiger charge is 2.23. The second-order valence-corrected chi connectivity index (χ2v) is 5.32. The van der Waals surface area contributed by atoms with Gasteiger partial charge in [-0.3, -0.25) is 4.79 Å². The Morgan fingerprint density at radius 2 is 1.86 bits per heavy atom. The van der Waals surface area contributed by atoms with Gasteiger partial charge in [0.15, 0.2) is 18.0 Å². The zero-order valence-corrected chi connectivity index (χ0v) is 13.6. The summed E-state index contributed by atoms with van der Waals surface area (Å²) < 4.78 is 15.7. The summed E-state index contributed by atoms with van der Waals surface area (Å²) in [5.74, 6) is 1.62. The molecule has 0 aromatic heterocycles. The van der Waals surface area contributed by atoms with Gasteiger partial charge in [-0.2, -0.15) is 0 Å². The third-order valence-corrected chi connectivity index (χ3v) is 3.92. The lowest BCUT2D eigenvalue weighted by Gasteiger charge is -2.29. The van der Waals surface area contributed by atoms with E-state index in [1.807, 2.05) is 22.3 Å². The first kappa shape index (κ1) is 16.6. The van der Waals surface area contributed by atoms with Gasteiger partial charge < -0.3 is 24.4 Å². The molecular formula is C16H25N2O4+. The number of amides is 1. The molecule has 0 saturated carbocycles. The van der Waals surface area contributed by atoms with E-state index in [-0.39, 0.29) is 5.91 Å². The summed E-state index contributed by atoms with van der Waals surface area (Å²) in [6, 6.07) is 3.99. The average Bonchev–Trinajstić information content (AvgIpc) is 2.56. The highest BCUT2D eigenvalue weighted by Crippen LogP contribution is 2.33. The first-order chi connectivity index (χ1) is 10.7. The maximum atomic E-state index is 12.2. The smallest absolute Gasteiger partial charge is 0.277 e. The number of ether oxygens (including phenoxy) is 3. The molecular weight excluding hydrogens is 284 g/mol. The van der Waals surface area contributed by atoms with Crippen molar-refractivity contribution in [2.24, 2.45) is 0 Å². The minimum Gasteiger partial charge on any atom is -0.493 e. The first-order valence-electron chi connectivity index (χ1n) is 7.51. The Bertz CT molecular complexity index is 519. The van der Waals surface area contributed by atoms with Crippen LogP contribution in [-0.4, -0.2) is 58.4 Å². The molecule has 0 bridgehead atoms. The summed E-state index contributed by atoms with van der Waals surface area (Å²) in [5.41, 5.74) is 2.36. The van der Waals surface area contributed by atoms with Crippen molar-refractivity contribution >= 4 is 5.91 Å². The van der Waals surface area contributed by atoms with Crippen molar-refractivity contribution in [3.05, 3.63) is 23.3 Å². The maximum absolute atomic E-state index is 12.2. The fourth-order valence-electron chi connectivity index (χ4n) is 2.65. The number of nitrogens with two attached hydrogens (primary N) is 1. The molecule has 1 aromatic carbocycles. The van der Waals surface area contributed by atoms with E-state index in [4.69, 9.17) is 14.2 Å². The van der Waals surface area contributed by atoms with E-state index < -0.39 is 0 Å². The Labute approximate surface area is 131 Å². The SMILES string of the molecule is COCC[NH2+]CC(=O)N1CCc2cc(OC)c(OC)cc2C1. The number of carbonyl (C=O) groups is 1. The predicted octanol–water partition coefficient (Wildman–Crippen LogP) is -0.202. The van der Waals surface area contributed by atoms with E-state index >= 15 is 0 Å². The molecule has 6 heteroatoms. The largest absolute Gasteiger partial charge is 0.493 e. The lowest BCUT2D eigenvalue weighted by atomic mass is 9.98. The second kappa shape index (κ2) is 8.00. The minimum absolute atomic E-state index is 0.163. The van der Waals surface area contributed by atoms with Crippen LogP contribution >= 0.6 is 0 Å². The van der Waals surface area contributed by atoms with Gasteiger partial charge in [-0.25, -0.2) is 0 Å². The number of methoxy groups -OCH3 is 3. The third-order valence-electron chi connectivity index (χ3n) is 3.92. The molecule has 122 valence electrons. The van der Waals surface area contributed by atoms with Crippen molar-refractivity contribution in [1.29, 1.82) is 0 Å². The van der Waals surface area contributed by atoms with Crippen LogP contribution in [0.2, 0.25) is 0 Å². The highest BCUT2D eigenvalue weighted by atomic mass is 16.5. The number of hydrogen-bond donors (Lipinski definition) is 1. The molecule has 2 rings (SSSR count). The van der Waals surface area contributed by atoms with Gasteiger partial charge in [0.2, 0.25) is 0 Å². The monoisotopic (exact) mass is 309 g/mol. The zero-order chi connectivity index (χ0) is 15.9. The van der Waals surface area contributed by atoms with E-state index in [1.54, 1.807) is 21.3 Å². The fourth-order valence-corrected chi connectivity index (χ4v) is 2.65. The summed E-state index contributed by atoms with van der Waals surface area (Å²) in [7, 11) is 4.93. The molecule has 0 atom stereocenters. The van der Waals surface area contributed by atoms with E-state index in [9.17, 15) is 4.79 Å². The summed E-state index contributed by atoms with van der Waals surface area (Å²) in [4.78, 5) is 14.1. The molecule has 2 N–H and O–H groups in total. The van der Waals surface area contributed by atoms with Crippen LogP contribution in [-0.2, 0) is 22.5 Å². The lowest BCUT2D eigenvalue weighted by Crippen LogP contribution is -2.87. The molecule has 6 nitrogen and oxygen atoms in total. The topological polar surface area (TPSA) is 64.6 Å². The lowest BCUT2D eigenvalue weighted by molar-refractivity contribution is -0.646. The maximum Gasteiger partial charge on any atom is 0.277 e. The van der Waals surface area contributed by atoms with Crippen molar-refractivity contribution in [1.82, 2.24) is 4.90 Å². The number of benzene rings is 1. The number of quaternary nitrogens is 1. The van der Waals surface area contributed by atoms with Gasteiger partial charge in [0.1, 0.15) is 0 Å². The van der Waals surface area contributed by atoms with Crippen LogP contribution in [0.5, 0.6) is 11.5 Å². The molecule has 22 heavy (non-hydrogen) atoms. The molecule has 1 aliphatic heterocycles. The number of nitrogens with zero attached hydrogens (tertiary/aromatic N) is 1. The molecule has 1 aliphatic rings. The Hall–Kier alpha value is -1.79. The van der Waals surface area contributed by atoms with Gasteiger partial charge >= 0.3 is 0 Å². The molecule has 0 spiro atoms. The van der Waals surface area contributed by atoms with Crippen molar-refractivity contribution in [2.45, 2.75) is 13.0 Å². The number of carbonyl (C=O) groups excluding carboxylic acids is 1. The van der Waals surface area contributed by atoms with Crippen molar-refractivity contribution in [2.75, 3.05) is 47.6 Å². The Kier molecular flexibility index (Phi) is 6.03. The minimum atomic E-state index is 0.163. The summed E-state index contributed by atoms with van der Waals surface area (Å²) in [6.45, 7) is 3.31. The predicted molar refractivity (Wildman–Crippen MR) is 82.2 cm³/mol. The van der Waals surface area contributed by atoms with Crippen LogP contribution in [0.15, 0.2) is 12.1 Å². The molecule has 1 amide bonds. The first-order valence-corrected chi connectivity index (χ1v) is 7.51. The molecule has 0 fully saturated rings. The quantitative estimate of drug-likeness (QED) is 0.709. The molecule has 0 saturated heterocycles. The highest BCUT2D eigenvalue weighted by molar-refractivity contribution is 5.77. The second-order valence-electron chi connectivity index (χ2n) is 5.32. The standard InChI is InChI=1S/C16H24N2O4/c1-20-7-5-17-10-16(19)18-6-4-12-8-14(21-2)15(22-3)9-13(12)11-18/h8-9,17H,4-7,10-11H2,1-3H3/p+1.